The lowest BCUT2D eigenvalue weighted by Gasteiger charge is -2.31. The van der Waals surface area contributed by atoms with E-state index in [1.807, 2.05) is 114 Å². The second-order valence-corrected chi connectivity index (χ2v) is 17.9. The summed E-state index contributed by atoms with van der Waals surface area (Å²) in [4.78, 5) is 62.4. The molecule has 324 valence electrons. The molecule has 3 heterocycles. The van der Waals surface area contributed by atoms with E-state index in [0.717, 1.165) is 36.8 Å². The van der Waals surface area contributed by atoms with Gasteiger partial charge in [-0.25, -0.2) is 4.98 Å². The van der Waals surface area contributed by atoms with Crippen molar-refractivity contribution in [3.8, 4) is 12.8 Å². The molecule has 1 unspecified atom stereocenters. The van der Waals surface area contributed by atoms with E-state index in [0.29, 0.717) is 24.3 Å². The molecule has 1 aliphatic heterocycles. The highest BCUT2D eigenvalue weighted by Crippen LogP contribution is 2.30. The molecule has 2 aliphatic rings. The molecule has 2 fully saturated rings. The van der Waals surface area contributed by atoms with Gasteiger partial charge in [-0.15, -0.1) is 12.8 Å². The molecule has 0 radical (unpaired) electrons. The van der Waals surface area contributed by atoms with Crippen LogP contribution in [0.4, 0.5) is 0 Å². The second-order valence-electron chi connectivity index (χ2n) is 15.3. The predicted molar refractivity (Wildman–Crippen MR) is 248 cm³/mol. The number of amides is 4. The van der Waals surface area contributed by atoms with Crippen molar-refractivity contribution in [2.75, 3.05) is 16.6 Å². The van der Waals surface area contributed by atoms with E-state index < -0.39 is 18.0 Å². The lowest BCUT2D eigenvalue weighted by Crippen LogP contribution is -2.52. The molecule has 12 heteroatoms. The molecule has 1 saturated carbocycles. The average molecular weight is 847 g/mol. The number of benzene rings is 1. The summed E-state index contributed by atoms with van der Waals surface area (Å²) in [7, 11) is 0. The van der Waals surface area contributed by atoms with Crippen molar-refractivity contribution < 1.29 is 19.2 Å². The Morgan fingerprint density at radius 2 is 1.47 bits per heavy atom. The molecule has 4 N–H and O–H groups in total. The summed E-state index contributed by atoms with van der Waals surface area (Å²) in [6.45, 7) is 14.0. The van der Waals surface area contributed by atoms with Gasteiger partial charge in [0.25, 0.3) is 5.91 Å². The average Bonchev–Trinajstić information content (AvgIpc) is 3.87. The summed E-state index contributed by atoms with van der Waals surface area (Å²) in [6, 6.07) is 15.1. The van der Waals surface area contributed by atoms with Crippen LogP contribution in [0.2, 0.25) is 0 Å². The lowest BCUT2D eigenvalue weighted by atomic mass is 9.82. The standard InChI is InChI=1S/C40H56N6O4.C3H6S2.C2H6.C2H2/c1-6-27(4)36(40(50)42-25-32-17-12-13-23-41-32)46-38(48)33(26(2)3)21-20-31(24-29-14-8-7-9-15-29)44-37(47)28(5)43-39(49)35-22-19-30-16-10-11-18-34(30)45-35;1-2-5-3-4-1;2*1-2/h10-13,16-19,22-23,26-29,31,33,36H,6-9,14-15,20-21,24-25H2,1-5H3,(H,42,50)(H,43,49)(H,44,47)(H,46,48);1-3H2;1-2H3;1-2H/t27-,28+,31-,33+,36?;;;/m1.../s1. The van der Waals surface area contributed by atoms with Gasteiger partial charge < -0.3 is 21.3 Å². The van der Waals surface area contributed by atoms with E-state index in [4.69, 9.17) is 0 Å². The van der Waals surface area contributed by atoms with Gasteiger partial charge in [-0.05, 0) is 68.2 Å². The first-order chi connectivity index (χ1) is 28.5. The number of thioether (sulfide) groups is 2. The Kier molecular flexibility index (Phi) is 25.3. The fourth-order valence-electron chi connectivity index (χ4n) is 7.12. The molecule has 0 bridgehead atoms. The Labute approximate surface area is 363 Å². The molecule has 1 saturated heterocycles. The van der Waals surface area contributed by atoms with E-state index in [1.54, 1.807) is 19.2 Å². The van der Waals surface area contributed by atoms with Gasteiger partial charge in [-0.3, -0.25) is 24.2 Å². The first kappa shape index (κ1) is 51.1. The van der Waals surface area contributed by atoms with Crippen LogP contribution in [-0.4, -0.2) is 68.3 Å². The molecule has 4 amide bonds. The fourth-order valence-corrected chi connectivity index (χ4v) is 9.48. The number of carbonyl (C=O) groups is 4. The number of nitrogens with one attached hydrogen (secondary N) is 4. The fraction of sp³-hybridized carbons (Fsp3) is 0.574. The van der Waals surface area contributed by atoms with Crippen LogP contribution >= 0.6 is 23.5 Å². The van der Waals surface area contributed by atoms with Crippen molar-refractivity contribution in [3.05, 3.63) is 72.2 Å². The van der Waals surface area contributed by atoms with Gasteiger partial charge in [0, 0.05) is 40.1 Å². The van der Waals surface area contributed by atoms with E-state index in [2.05, 4.69) is 44.1 Å². The largest absolute Gasteiger partial charge is 0.352 e. The van der Waals surface area contributed by atoms with Gasteiger partial charge in [-0.1, -0.05) is 110 Å². The smallest absolute Gasteiger partial charge is 0.270 e. The van der Waals surface area contributed by atoms with Gasteiger partial charge in [0.1, 0.15) is 17.8 Å². The summed E-state index contributed by atoms with van der Waals surface area (Å²) >= 11 is 4.07. The van der Waals surface area contributed by atoms with Crippen molar-refractivity contribution in [2.24, 2.45) is 23.7 Å². The minimum atomic E-state index is -0.769. The number of hydrogen-bond acceptors (Lipinski definition) is 8. The normalized spacial score (nSPS) is 16.2. The first-order valence-corrected chi connectivity index (χ1v) is 23.8. The number of nitrogens with zero attached hydrogens (tertiary/aromatic N) is 2. The maximum Gasteiger partial charge on any atom is 0.270 e. The Bertz CT molecular complexity index is 1690. The molecule has 0 spiro atoms. The van der Waals surface area contributed by atoms with Crippen LogP contribution in [0.3, 0.4) is 0 Å². The van der Waals surface area contributed by atoms with Crippen LogP contribution in [0, 0.1) is 36.5 Å². The Morgan fingerprint density at radius 1 is 0.797 bits per heavy atom. The molecular formula is C47H70N6O4S2. The van der Waals surface area contributed by atoms with Gasteiger partial charge in [0.05, 0.1) is 17.8 Å². The van der Waals surface area contributed by atoms with Gasteiger partial charge in [-0.2, -0.15) is 23.5 Å². The summed E-state index contributed by atoms with van der Waals surface area (Å²) in [5.41, 5.74) is 1.73. The molecule has 5 atom stereocenters. The first-order valence-electron chi connectivity index (χ1n) is 21.5. The van der Waals surface area contributed by atoms with Crippen molar-refractivity contribution in [3.63, 3.8) is 0 Å². The molecule has 1 aromatic carbocycles. The van der Waals surface area contributed by atoms with Gasteiger partial charge in [0.15, 0.2) is 0 Å². The summed E-state index contributed by atoms with van der Waals surface area (Å²) in [6.07, 6.45) is 18.3. The van der Waals surface area contributed by atoms with Crippen LogP contribution in [0.1, 0.15) is 122 Å². The van der Waals surface area contributed by atoms with E-state index in [1.165, 1.54) is 35.9 Å². The third-order valence-electron chi connectivity index (χ3n) is 10.7. The monoisotopic (exact) mass is 846 g/mol. The zero-order chi connectivity index (χ0) is 43.6. The van der Waals surface area contributed by atoms with Gasteiger partial charge >= 0.3 is 0 Å². The molecule has 3 aromatic rings. The number of terminal acetylenes is 1. The number of pyridine rings is 2. The highest BCUT2D eigenvalue weighted by atomic mass is 32.2. The SMILES string of the molecule is C#C.C1CSCS1.CC.CC[C@@H](C)C(NC(=O)[C@@H](CC[C@H](CC1CCCCC1)NC(=O)[C@H](C)NC(=O)c1ccc2ccccc2n1)C(C)C)C(=O)NCc1ccccn1. The number of rotatable bonds is 17. The molecule has 1 aliphatic carbocycles. The highest BCUT2D eigenvalue weighted by molar-refractivity contribution is 8.19. The number of para-hydroxylation sites is 1. The summed E-state index contributed by atoms with van der Waals surface area (Å²) < 4.78 is 0. The Hall–Kier alpha value is -4.08. The minimum absolute atomic E-state index is 0.0304. The lowest BCUT2D eigenvalue weighted by molar-refractivity contribution is -0.133. The second kappa shape index (κ2) is 29.2. The third kappa shape index (κ3) is 18.4. The van der Waals surface area contributed by atoms with Crippen molar-refractivity contribution in [1.29, 1.82) is 0 Å². The Morgan fingerprint density at radius 3 is 2.08 bits per heavy atom. The van der Waals surface area contributed by atoms with Crippen LogP contribution in [-0.2, 0) is 20.9 Å². The minimum Gasteiger partial charge on any atom is -0.352 e. The maximum absolute atomic E-state index is 13.8. The quantitative estimate of drug-likeness (QED) is 0.0989. The zero-order valence-corrected chi connectivity index (χ0v) is 38.1. The molecular weight excluding hydrogens is 777 g/mol. The van der Waals surface area contributed by atoms with E-state index >= 15 is 0 Å². The van der Waals surface area contributed by atoms with Crippen LogP contribution in [0.15, 0.2) is 60.8 Å². The molecule has 2 aromatic heterocycles. The summed E-state index contributed by atoms with van der Waals surface area (Å²) in [5.74, 6) is 1.86. The molecule has 10 nitrogen and oxygen atoms in total. The van der Waals surface area contributed by atoms with Crippen molar-refractivity contribution in [2.45, 2.75) is 131 Å². The molecule has 59 heavy (non-hydrogen) atoms. The topological polar surface area (TPSA) is 142 Å². The number of aromatic nitrogens is 2. The maximum atomic E-state index is 13.8. The number of hydrogen-bond donors (Lipinski definition) is 4. The van der Waals surface area contributed by atoms with E-state index in [-0.39, 0.29) is 53.8 Å². The highest BCUT2D eigenvalue weighted by Gasteiger charge is 2.32. The van der Waals surface area contributed by atoms with Crippen molar-refractivity contribution in [1.82, 2.24) is 31.2 Å². The van der Waals surface area contributed by atoms with Crippen molar-refractivity contribution >= 4 is 58.1 Å². The zero-order valence-electron chi connectivity index (χ0n) is 36.5. The number of carbonyl (C=O) groups excluding carboxylic acids is 4. The van der Waals surface area contributed by atoms with Crippen LogP contribution in [0.5, 0.6) is 0 Å². The Balaban J connectivity index is 0.00000120. The number of fused-ring (bicyclic) bond motifs is 1. The molecule has 5 rings (SSSR count). The van der Waals surface area contributed by atoms with E-state index in [9.17, 15) is 19.2 Å². The summed E-state index contributed by atoms with van der Waals surface area (Å²) in [5, 5.41) is 14.4. The van der Waals surface area contributed by atoms with Crippen LogP contribution in [0.25, 0.3) is 10.9 Å². The predicted octanol–water partition coefficient (Wildman–Crippen LogP) is 8.80. The van der Waals surface area contributed by atoms with Gasteiger partial charge in [0.2, 0.25) is 17.7 Å². The third-order valence-corrected chi connectivity index (χ3v) is 13.3. The van der Waals surface area contributed by atoms with Crippen LogP contribution < -0.4 is 21.3 Å².